The molecule has 29 heavy (non-hydrogen) atoms. The maximum Gasteiger partial charge on any atom is 0.191 e. The number of rotatable bonds is 6. The Balaban J connectivity index is 1.37. The molecule has 1 atom stereocenters. The summed E-state index contributed by atoms with van der Waals surface area (Å²) in [6, 6.07) is 17.0. The van der Waals surface area contributed by atoms with Crippen LogP contribution in [0.1, 0.15) is 25.6 Å². The Morgan fingerprint density at radius 3 is 2.86 bits per heavy atom. The molecular formula is C22H29N7. The van der Waals surface area contributed by atoms with Gasteiger partial charge < -0.3 is 15.5 Å². The predicted molar refractivity (Wildman–Crippen MR) is 117 cm³/mol. The largest absolute Gasteiger partial charge is 0.369 e. The number of aromatic nitrogens is 3. The lowest BCUT2D eigenvalue weighted by atomic mass is 10.1. The van der Waals surface area contributed by atoms with Crippen LogP contribution in [-0.2, 0) is 6.42 Å². The van der Waals surface area contributed by atoms with Gasteiger partial charge in [0.05, 0.1) is 0 Å². The van der Waals surface area contributed by atoms with Crippen molar-refractivity contribution in [2.45, 2.75) is 32.2 Å². The molecule has 1 fully saturated rings. The molecule has 1 aromatic carbocycles. The van der Waals surface area contributed by atoms with Gasteiger partial charge in [-0.3, -0.25) is 9.39 Å². The third-order valence-electron chi connectivity index (χ3n) is 5.22. The Labute approximate surface area is 171 Å². The van der Waals surface area contributed by atoms with E-state index >= 15 is 0 Å². The van der Waals surface area contributed by atoms with Gasteiger partial charge >= 0.3 is 0 Å². The zero-order valence-electron chi connectivity index (χ0n) is 17.0. The van der Waals surface area contributed by atoms with Crippen molar-refractivity contribution in [1.82, 2.24) is 25.2 Å². The average molecular weight is 392 g/mol. The first-order valence-electron chi connectivity index (χ1n) is 10.5. The van der Waals surface area contributed by atoms with Crippen molar-refractivity contribution >= 4 is 17.3 Å². The summed E-state index contributed by atoms with van der Waals surface area (Å²) < 4.78 is 2.02. The fraction of sp³-hybridized carbons (Fsp3) is 0.409. The van der Waals surface area contributed by atoms with Crippen molar-refractivity contribution in [3.8, 4) is 0 Å². The average Bonchev–Trinajstić information content (AvgIpc) is 3.18. The predicted octanol–water partition coefficient (Wildman–Crippen LogP) is 2.50. The second kappa shape index (κ2) is 9.41. The lowest BCUT2D eigenvalue weighted by Crippen LogP contribution is -2.51. The number of aliphatic imine (C=N–C) groups is 1. The van der Waals surface area contributed by atoms with Crippen LogP contribution in [0.4, 0.5) is 5.69 Å². The SMILES string of the molecule is CCNC(=NCCc1nnc2ccccn12)NC1CCCN(c2ccccc2)C1. The van der Waals surface area contributed by atoms with E-state index in [4.69, 9.17) is 4.99 Å². The van der Waals surface area contributed by atoms with Gasteiger partial charge in [0.1, 0.15) is 5.82 Å². The van der Waals surface area contributed by atoms with Gasteiger partial charge in [-0.05, 0) is 44.0 Å². The van der Waals surface area contributed by atoms with E-state index in [1.54, 1.807) is 0 Å². The van der Waals surface area contributed by atoms with Crippen molar-refractivity contribution in [3.05, 3.63) is 60.6 Å². The van der Waals surface area contributed by atoms with E-state index in [0.717, 1.165) is 49.9 Å². The van der Waals surface area contributed by atoms with Crippen LogP contribution >= 0.6 is 0 Å². The number of piperidine rings is 1. The van der Waals surface area contributed by atoms with Gasteiger partial charge in [0.15, 0.2) is 11.6 Å². The molecule has 0 aliphatic carbocycles. The van der Waals surface area contributed by atoms with Crippen LogP contribution in [0.15, 0.2) is 59.7 Å². The molecule has 2 N–H and O–H groups in total. The molecule has 0 amide bonds. The van der Waals surface area contributed by atoms with Crippen molar-refractivity contribution in [1.29, 1.82) is 0 Å². The molecule has 1 aliphatic rings. The molecule has 0 saturated carbocycles. The van der Waals surface area contributed by atoms with Crippen LogP contribution < -0.4 is 15.5 Å². The van der Waals surface area contributed by atoms with Crippen LogP contribution in [-0.4, -0.2) is 52.8 Å². The number of hydrogen-bond acceptors (Lipinski definition) is 4. The summed E-state index contributed by atoms with van der Waals surface area (Å²) in [4.78, 5) is 7.23. The van der Waals surface area contributed by atoms with Gasteiger partial charge in [0.25, 0.3) is 0 Å². The van der Waals surface area contributed by atoms with Crippen LogP contribution in [0.2, 0.25) is 0 Å². The van der Waals surface area contributed by atoms with Crippen molar-refractivity contribution in [2.24, 2.45) is 4.99 Å². The molecule has 4 rings (SSSR count). The zero-order valence-corrected chi connectivity index (χ0v) is 17.0. The number of pyridine rings is 1. The molecule has 3 heterocycles. The van der Waals surface area contributed by atoms with Gasteiger partial charge in [-0.2, -0.15) is 0 Å². The molecule has 0 spiro atoms. The molecule has 1 saturated heterocycles. The van der Waals surface area contributed by atoms with Crippen molar-refractivity contribution in [2.75, 3.05) is 31.1 Å². The quantitative estimate of drug-likeness (QED) is 0.499. The normalized spacial score (nSPS) is 17.5. The van der Waals surface area contributed by atoms with E-state index in [9.17, 15) is 0 Å². The third kappa shape index (κ3) is 4.85. The number of para-hydroxylation sites is 1. The first kappa shape index (κ1) is 19.2. The molecule has 7 heteroatoms. The monoisotopic (exact) mass is 391 g/mol. The van der Waals surface area contributed by atoms with Crippen LogP contribution in [0.5, 0.6) is 0 Å². The highest BCUT2D eigenvalue weighted by Gasteiger charge is 2.20. The van der Waals surface area contributed by atoms with Gasteiger partial charge in [-0.1, -0.05) is 24.3 Å². The molecule has 1 unspecified atom stereocenters. The van der Waals surface area contributed by atoms with Crippen molar-refractivity contribution < 1.29 is 0 Å². The molecular weight excluding hydrogens is 362 g/mol. The van der Waals surface area contributed by atoms with Gasteiger partial charge in [0.2, 0.25) is 0 Å². The Bertz CT molecular complexity index is 934. The van der Waals surface area contributed by atoms with E-state index < -0.39 is 0 Å². The highest BCUT2D eigenvalue weighted by Crippen LogP contribution is 2.19. The summed E-state index contributed by atoms with van der Waals surface area (Å²) in [5.41, 5.74) is 2.17. The lowest BCUT2D eigenvalue weighted by molar-refractivity contribution is 0.468. The number of nitrogens with zero attached hydrogens (tertiary/aromatic N) is 5. The Morgan fingerprint density at radius 1 is 1.14 bits per heavy atom. The zero-order chi connectivity index (χ0) is 19.9. The first-order valence-corrected chi connectivity index (χ1v) is 10.5. The molecule has 3 aromatic rings. The minimum atomic E-state index is 0.385. The van der Waals surface area contributed by atoms with Crippen LogP contribution in [0.3, 0.4) is 0 Å². The summed E-state index contributed by atoms with van der Waals surface area (Å²) >= 11 is 0. The van der Waals surface area contributed by atoms with Crippen LogP contribution in [0.25, 0.3) is 5.65 Å². The standard InChI is InChI=1S/C22H29N7/c1-2-23-22(24-14-13-21-27-26-20-12-6-7-16-29(20)21)25-18-9-8-15-28(17-18)19-10-4-3-5-11-19/h3-7,10-12,16,18H,2,8-9,13-15,17H2,1H3,(H2,23,24,25). The smallest absolute Gasteiger partial charge is 0.191 e. The maximum atomic E-state index is 4.78. The summed E-state index contributed by atoms with van der Waals surface area (Å²) in [6.07, 6.45) is 5.08. The maximum absolute atomic E-state index is 4.78. The molecule has 2 aromatic heterocycles. The van der Waals surface area contributed by atoms with E-state index in [0.29, 0.717) is 12.6 Å². The highest BCUT2D eigenvalue weighted by atomic mass is 15.3. The van der Waals surface area contributed by atoms with Gasteiger partial charge in [0, 0.05) is 50.5 Å². The Morgan fingerprint density at radius 2 is 2.00 bits per heavy atom. The fourth-order valence-corrected chi connectivity index (χ4v) is 3.81. The van der Waals surface area contributed by atoms with E-state index in [1.807, 2.05) is 28.8 Å². The number of nitrogens with one attached hydrogen (secondary N) is 2. The molecule has 7 nitrogen and oxygen atoms in total. The minimum absolute atomic E-state index is 0.385. The van der Waals surface area contributed by atoms with Crippen molar-refractivity contribution in [3.63, 3.8) is 0 Å². The first-order chi connectivity index (χ1) is 14.3. The summed E-state index contributed by atoms with van der Waals surface area (Å²) in [6.45, 7) is 5.70. The summed E-state index contributed by atoms with van der Waals surface area (Å²) in [5.74, 6) is 1.81. The highest BCUT2D eigenvalue weighted by molar-refractivity contribution is 5.80. The Hall–Kier alpha value is -3.09. The molecule has 0 bridgehead atoms. The number of benzene rings is 1. The fourth-order valence-electron chi connectivity index (χ4n) is 3.81. The number of hydrogen-bond donors (Lipinski definition) is 2. The minimum Gasteiger partial charge on any atom is -0.369 e. The number of fused-ring (bicyclic) bond motifs is 1. The molecule has 0 radical (unpaired) electrons. The Kier molecular flexibility index (Phi) is 6.24. The third-order valence-corrected chi connectivity index (χ3v) is 5.22. The van der Waals surface area contributed by atoms with E-state index in [-0.39, 0.29) is 0 Å². The number of guanidine groups is 1. The molecule has 1 aliphatic heterocycles. The second-order valence-electron chi connectivity index (χ2n) is 7.32. The lowest BCUT2D eigenvalue weighted by Gasteiger charge is -2.35. The second-order valence-corrected chi connectivity index (χ2v) is 7.32. The number of anilines is 1. The summed E-state index contributed by atoms with van der Waals surface area (Å²) in [7, 11) is 0. The summed E-state index contributed by atoms with van der Waals surface area (Å²) in [5, 5.41) is 15.5. The van der Waals surface area contributed by atoms with Crippen LogP contribution in [0, 0.1) is 0 Å². The van der Waals surface area contributed by atoms with Gasteiger partial charge in [-0.25, -0.2) is 0 Å². The topological polar surface area (TPSA) is 69.8 Å². The molecule has 152 valence electrons. The van der Waals surface area contributed by atoms with Gasteiger partial charge in [-0.15, -0.1) is 10.2 Å². The van der Waals surface area contributed by atoms with E-state index in [1.165, 1.54) is 12.1 Å². The van der Waals surface area contributed by atoms with E-state index in [2.05, 4.69) is 63.0 Å².